The highest BCUT2D eigenvalue weighted by atomic mass is 16.5. The second-order valence-corrected chi connectivity index (χ2v) is 6.35. The summed E-state index contributed by atoms with van der Waals surface area (Å²) in [6, 6.07) is 12.2. The predicted octanol–water partition coefficient (Wildman–Crippen LogP) is 3.43. The lowest BCUT2D eigenvalue weighted by Gasteiger charge is -2.14. The maximum absolute atomic E-state index is 5.56. The van der Waals surface area contributed by atoms with Crippen LogP contribution in [0.15, 0.2) is 53.3 Å². The molecule has 0 spiro atoms. The second-order valence-electron chi connectivity index (χ2n) is 6.35. The molecule has 3 heterocycles. The number of nitrogens with zero attached hydrogens (tertiary/aromatic N) is 4. The van der Waals surface area contributed by atoms with E-state index in [0.29, 0.717) is 11.7 Å². The van der Waals surface area contributed by atoms with Gasteiger partial charge in [-0.1, -0.05) is 35.5 Å². The van der Waals surface area contributed by atoms with Gasteiger partial charge >= 0.3 is 0 Å². The number of hydrogen-bond acceptors (Lipinski definition) is 5. The molecular weight excluding hydrogens is 300 g/mol. The molecule has 0 radical (unpaired) electrons. The van der Waals surface area contributed by atoms with Crippen molar-refractivity contribution in [3.8, 4) is 11.4 Å². The molecule has 0 saturated carbocycles. The third-order valence-electron chi connectivity index (χ3n) is 4.58. The first kappa shape index (κ1) is 15.0. The van der Waals surface area contributed by atoms with Crippen LogP contribution in [0.1, 0.15) is 29.4 Å². The molecular formula is C19H20N4O. The number of pyridine rings is 1. The lowest BCUT2D eigenvalue weighted by molar-refractivity contribution is 0.309. The molecule has 1 aliphatic heterocycles. The van der Waals surface area contributed by atoms with Gasteiger partial charge < -0.3 is 4.52 Å². The first-order chi connectivity index (χ1) is 11.8. The van der Waals surface area contributed by atoms with E-state index in [2.05, 4.69) is 39.1 Å². The second kappa shape index (κ2) is 6.53. The van der Waals surface area contributed by atoms with Gasteiger partial charge in [0.05, 0.1) is 5.92 Å². The van der Waals surface area contributed by atoms with Crippen LogP contribution in [0.25, 0.3) is 11.4 Å². The molecule has 3 aromatic rings. The summed E-state index contributed by atoms with van der Waals surface area (Å²) in [4.78, 5) is 11.2. The first-order valence-electron chi connectivity index (χ1n) is 8.30. The van der Waals surface area contributed by atoms with Crippen LogP contribution in [-0.4, -0.2) is 33.1 Å². The van der Waals surface area contributed by atoms with E-state index in [4.69, 9.17) is 4.52 Å². The van der Waals surface area contributed by atoms with Gasteiger partial charge in [-0.2, -0.15) is 4.98 Å². The lowest BCUT2D eigenvalue weighted by Crippen LogP contribution is -2.19. The van der Waals surface area contributed by atoms with Crippen molar-refractivity contribution in [3.63, 3.8) is 0 Å². The van der Waals surface area contributed by atoms with E-state index in [-0.39, 0.29) is 0 Å². The van der Waals surface area contributed by atoms with Crippen molar-refractivity contribution < 1.29 is 4.52 Å². The normalized spacial score (nSPS) is 18.1. The monoisotopic (exact) mass is 320 g/mol. The Morgan fingerprint density at radius 2 is 2.12 bits per heavy atom. The molecule has 0 aliphatic carbocycles. The zero-order chi connectivity index (χ0) is 16.4. The maximum Gasteiger partial charge on any atom is 0.231 e. The van der Waals surface area contributed by atoms with Crippen LogP contribution in [0, 0.1) is 6.92 Å². The fraction of sp³-hybridized carbons (Fsp3) is 0.316. The molecule has 0 amide bonds. The predicted molar refractivity (Wildman–Crippen MR) is 91.3 cm³/mol. The highest BCUT2D eigenvalue weighted by Gasteiger charge is 2.28. The smallest absolute Gasteiger partial charge is 0.231 e. The molecule has 4 rings (SSSR count). The summed E-state index contributed by atoms with van der Waals surface area (Å²) in [6.07, 6.45) is 4.79. The average Bonchev–Trinajstić information content (AvgIpc) is 3.25. The standard InChI is InChI=1S/C19H20N4O/c1-14-5-2-3-7-17(14)18-21-19(24-22-18)16-8-10-23(13-16)12-15-6-4-9-20-11-15/h2-7,9,11,16H,8,10,12-13H2,1H3/t16-/m1/s1. The van der Waals surface area contributed by atoms with Gasteiger partial charge in [0.2, 0.25) is 11.7 Å². The zero-order valence-electron chi connectivity index (χ0n) is 13.7. The Morgan fingerprint density at radius 1 is 1.21 bits per heavy atom. The topological polar surface area (TPSA) is 55.1 Å². The van der Waals surface area contributed by atoms with Gasteiger partial charge in [-0.25, -0.2) is 0 Å². The number of aromatic nitrogens is 3. The number of hydrogen-bond donors (Lipinski definition) is 0. The van der Waals surface area contributed by atoms with Crippen molar-refractivity contribution in [2.75, 3.05) is 13.1 Å². The van der Waals surface area contributed by atoms with Gasteiger partial charge in [0, 0.05) is 31.0 Å². The highest BCUT2D eigenvalue weighted by Crippen LogP contribution is 2.29. The Labute approximate surface area is 141 Å². The fourth-order valence-corrected chi connectivity index (χ4v) is 3.26. The molecule has 1 aromatic carbocycles. The van der Waals surface area contributed by atoms with Crippen molar-refractivity contribution in [1.29, 1.82) is 0 Å². The molecule has 1 atom stereocenters. The van der Waals surface area contributed by atoms with E-state index < -0.39 is 0 Å². The minimum Gasteiger partial charge on any atom is -0.339 e. The van der Waals surface area contributed by atoms with Crippen molar-refractivity contribution in [1.82, 2.24) is 20.0 Å². The minimum atomic E-state index is 0.312. The van der Waals surface area contributed by atoms with Crippen LogP contribution in [0.4, 0.5) is 0 Å². The summed E-state index contributed by atoms with van der Waals surface area (Å²) < 4.78 is 5.56. The van der Waals surface area contributed by atoms with E-state index in [1.54, 1.807) is 0 Å². The third-order valence-corrected chi connectivity index (χ3v) is 4.58. The van der Waals surface area contributed by atoms with Crippen molar-refractivity contribution in [2.45, 2.75) is 25.8 Å². The van der Waals surface area contributed by atoms with E-state index >= 15 is 0 Å². The molecule has 0 unspecified atom stereocenters. The van der Waals surface area contributed by atoms with Crippen LogP contribution in [0.2, 0.25) is 0 Å². The Balaban J connectivity index is 1.45. The molecule has 2 aromatic heterocycles. The SMILES string of the molecule is Cc1ccccc1-c1noc([C@@H]2CCN(Cc3cccnc3)C2)n1. The lowest BCUT2D eigenvalue weighted by atomic mass is 10.1. The van der Waals surface area contributed by atoms with Crippen LogP contribution in [0.5, 0.6) is 0 Å². The third kappa shape index (κ3) is 3.08. The zero-order valence-corrected chi connectivity index (χ0v) is 13.7. The molecule has 0 N–H and O–H groups in total. The molecule has 24 heavy (non-hydrogen) atoms. The number of likely N-dealkylation sites (tertiary alicyclic amines) is 1. The van der Waals surface area contributed by atoms with Gasteiger partial charge in [0.15, 0.2) is 0 Å². The maximum atomic E-state index is 5.56. The van der Waals surface area contributed by atoms with Gasteiger partial charge in [0.1, 0.15) is 0 Å². The van der Waals surface area contributed by atoms with Gasteiger partial charge in [-0.05, 0) is 37.1 Å². The molecule has 122 valence electrons. The van der Waals surface area contributed by atoms with E-state index in [9.17, 15) is 0 Å². The molecule has 1 aliphatic rings. The van der Waals surface area contributed by atoms with Gasteiger partial charge in [-0.3, -0.25) is 9.88 Å². The van der Waals surface area contributed by atoms with E-state index in [1.807, 2.05) is 36.7 Å². The first-order valence-corrected chi connectivity index (χ1v) is 8.30. The number of aryl methyl sites for hydroxylation is 1. The summed E-state index contributed by atoms with van der Waals surface area (Å²) >= 11 is 0. The van der Waals surface area contributed by atoms with Crippen LogP contribution >= 0.6 is 0 Å². The highest BCUT2D eigenvalue weighted by molar-refractivity contribution is 5.59. The average molecular weight is 320 g/mol. The number of rotatable bonds is 4. The molecule has 0 bridgehead atoms. The summed E-state index contributed by atoms with van der Waals surface area (Å²) in [7, 11) is 0. The van der Waals surface area contributed by atoms with Gasteiger partial charge in [-0.15, -0.1) is 0 Å². The van der Waals surface area contributed by atoms with E-state index in [1.165, 1.54) is 5.56 Å². The molecule has 1 saturated heterocycles. The summed E-state index contributed by atoms with van der Waals surface area (Å²) in [5, 5.41) is 4.19. The van der Waals surface area contributed by atoms with E-state index in [0.717, 1.165) is 43.1 Å². The fourth-order valence-electron chi connectivity index (χ4n) is 3.26. The van der Waals surface area contributed by atoms with Crippen molar-refractivity contribution >= 4 is 0 Å². The van der Waals surface area contributed by atoms with Crippen molar-refractivity contribution in [2.24, 2.45) is 0 Å². The Morgan fingerprint density at radius 3 is 2.96 bits per heavy atom. The van der Waals surface area contributed by atoms with Crippen LogP contribution < -0.4 is 0 Å². The molecule has 5 nitrogen and oxygen atoms in total. The molecule has 1 fully saturated rings. The van der Waals surface area contributed by atoms with Crippen LogP contribution in [0.3, 0.4) is 0 Å². The molecule has 5 heteroatoms. The Hall–Kier alpha value is -2.53. The summed E-state index contributed by atoms with van der Waals surface area (Å²) in [5.41, 5.74) is 3.44. The Kier molecular flexibility index (Phi) is 4.09. The summed E-state index contributed by atoms with van der Waals surface area (Å²) in [6.45, 7) is 4.98. The number of benzene rings is 1. The van der Waals surface area contributed by atoms with Crippen LogP contribution in [-0.2, 0) is 6.54 Å². The quantitative estimate of drug-likeness (QED) is 0.737. The largest absolute Gasteiger partial charge is 0.339 e. The van der Waals surface area contributed by atoms with Crippen molar-refractivity contribution in [3.05, 3.63) is 65.8 Å². The van der Waals surface area contributed by atoms with Gasteiger partial charge in [0.25, 0.3) is 0 Å². The summed E-state index contributed by atoms with van der Waals surface area (Å²) in [5.74, 6) is 1.75. The minimum absolute atomic E-state index is 0.312. The Bertz CT molecular complexity index is 815.